The Labute approximate surface area is 177 Å². The molecule has 3 rings (SSSR count). The van der Waals surface area contributed by atoms with E-state index in [-0.39, 0.29) is 23.7 Å². The van der Waals surface area contributed by atoms with Crippen LogP contribution in [0.25, 0.3) is 0 Å². The molecule has 1 aliphatic heterocycles. The molecule has 0 atom stereocenters. The highest BCUT2D eigenvalue weighted by Gasteiger charge is 2.28. The van der Waals surface area contributed by atoms with Gasteiger partial charge in [-0.1, -0.05) is 12.1 Å². The predicted octanol–water partition coefficient (Wildman–Crippen LogP) is 2.99. The minimum absolute atomic E-state index is 0.0442. The van der Waals surface area contributed by atoms with Gasteiger partial charge in [0.25, 0.3) is 10.0 Å². The number of hydrogen-bond donors (Lipinski definition) is 3. The average molecular weight is 447 g/mol. The molecule has 2 aromatic carbocycles. The molecule has 31 heavy (non-hydrogen) atoms. The molecule has 1 aliphatic rings. The molecule has 11 heteroatoms. The molecular formula is C20H18FN3O6S. The average Bonchev–Trinajstić information content (AvgIpc) is 2.82. The van der Waals surface area contributed by atoms with Gasteiger partial charge in [-0.15, -0.1) is 4.40 Å². The maximum absolute atomic E-state index is 13.7. The van der Waals surface area contributed by atoms with Crippen LogP contribution in [0.15, 0.2) is 63.0 Å². The van der Waals surface area contributed by atoms with Gasteiger partial charge in [0, 0.05) is 5.70 Å². The SMILES string of the molecule is CCOC(=O)C1=C(C)Nc2ccccc2NC1=NS(=O)(=O)c1ccc(F)c(C(=O)O)c1. The van der Waals surface area contributed by atoms with Crippen molar-refractivity contribution in [2.75, 3.05) is 17.2 Å². The zero-order valence-corrected chi connectivity index (χ0v) is 17.3. The predicted molar refractivity (Wildman–Crippen MR) is 111 cm³/mol. The first-order valence-corrected chi connectivity index (χ1v) is 10.5. The van der Waals surface area contributed by atoms with Crippen LogP contribution in [0.4, 0.5) is 15.8 Å². The number of fused-ring (bicyclic) bond motifs is 1. The normalized spacial score (nSPS) is 14.9. The number of rotatable bonds is 5. The number of halogens is 1. The molecule has 0 radical (unpaired) electrons. The summed E-state index contributed by atoms with van der Waals surface area (Å²) in [6.45, 7) is 3.20. The van der Waals surface area contributed by atoms with Crippen molar-refractivity contribution in [2.24, 2.45) is 4.40 Å². The summed E-state index contributed by atoms with van der Waals surface area (Å²) in [5, 5.41) is 14.9. The Morgan fingerprint density at radius 3 is 2.39 bits per heavy atom. The number of hydrogen-bond acceptors (Lipinski definition) is 6. The van der Waals surface area contributed by atoms with E-state index in [0.29, 0.717) is 17.4 Å². The molecule has 0 bridgehead atoms. The number of allylic oxidation sites excluding steroid dienone is 1. The zero-order valence-electron chi connectivity index (χ0n) is 16.5. The molecule has 1 heterocycles. The van der Waals surface area contributed by atoms with Gasteiger partial charge in [-0.3, -0.25) is 0 Å². The Kier molecular flexibility index (Phi) is 6.07. The van der Waals surface area contributed by atoms with Gasteiger partial charge in [0.15, 0.2) is 5.84 Å². The number of para-hydroxylation sites is 2. The minimum Gasteiger partial charge on any atom is -0.478 e. The van der Waals surface area contributed by atoms with E-state index >= 15 is 0 Å². The fraction of sp³-hybridized carbons (Fsp3) is 0.150. The molecule has 0 spiro atoms. The van der Waals surface area contributed by atoms with Gasteiger partial charge in [0.05, 0.1) is 28.4 Å². The standard InChI is InChI=1S/C20H18FN3O6S/c1-3-30-20(27)17-11(2)22-15-6-4-5-7-16(15)23-18(17)24-31(28,29)12-8-9-14(21)13(10-12)19(25)26/h4-10,22H,3H2,1-2H3,(H,23,24)(H,25,26). The fourth-order valence-corrected chi connectivity index (χ4v) is 3.85. The first-order chi connectivity index (χ1) is 14.6. The summed E-state index contributed by atoms with van der Waals surface area (Å²) in [6.07, 6.45) is 0. The summed E-state index contributed by atoms with van der Waals surface area (Å²) in [6, 6.07) is 9.09. The van der Waals surface area contributed by atoms with Crippen LogP contribution in [0, 0.1) is 5.82 Å². The second kappa shape index (κ2) is 8.56. The number of nitrogens with zero attached hydrogens (tertiary/aromatic N) is 1. The van der Waals surface area contributed by atoms with Crippen LogP contribution in [0.5, 0.6) is 0 Å². The van der Waals surface area contributed by atoms with E-state index in [1.165, 1.54) is 0 Å². The lowest BCUT2D eigenvalue weighted by Crippen LogP contribution is -2.25. The molecule has 162 valence electrons. The van der Waals surface area contributed by atoms with Gasteiger partial charge >= 0.3 is 11.9 Å². The third-order valence-electron chi connectivity index (χ3n) is 4.27. The number of aromatic carboxylic acids is 1. The Balaban J connectivity index is 2.18. The van der Waals surface area contributed by atoms with Crippen LogP contribution in [0.3, 0.4) is 0 Å². The van der Waals surface area contributed by atoms with E-state index in [1.807, 2.05) is 0 Å². The second-order valence-corrected chi connectivity index (χ2v) is 7.98. The van der Waals surface area contributed by atoms with E-state index < -0.39 is 38.2 Å². The number of carbonyl (C=O) groups excluding carboxylic acids is 1. The molecule has 0 saturated heterocycles. The van der Waals surface area contributed by atoms with Crippen molar-refractivity contribution in [1.29, 1.82) is 0 Å². The third kappa shape index (κ3) is 4.56. The maximum atomic E-state index is 13.7. The fourth-order valence-electron chi connectivity index (χ4n) is 2.86. The van der Waals surface area contributed by atoms with Gasteiger partial charge in [-0.25, -0.2) is 14.0 Å². The molecular weight excluding hydrogens is 429 g/mol. The highest BCUT2D eigenvalue weighted by Crippen LogP contribution is 2.29. The zero-order chi connectivity index (χ0) is 22.8. The number of carboxylic acids is 1. The number of benzene rings is 2. The summed E-state index contributed by atoms with van der Waals surface area (Å²) in [4.78, 5) is 23.2. The number of amidine groups is 1. The van der Waals surface area contributed by atoms with E-state index in [4.69, 9.17) is 9.84 Å². The summed E-state index contributed by atoms with van der Waals surface area (Å²) in [5.74, 6) is -3.86. The molecule has 0 fully saturated rings. The first kappa shape index (κ1) is 22.0. The van der Waals surface area contributed by atoms with Crippen LogP contribution < -0.4 is 10.6 Å². The first-order valence-electron chi connectivity index (χ1n) is 9.03. The summed E-state index contributed by atoms with van der Waals surface area (Å²) in [5.41, 5.74) is 0.330. The van der Waals surface area contributed by atoms with Crippen LogP contribution >= 0.6 is 0 Å². The van der Waals surface area contributed by atoms with E-state index in [2.05, 4.69) is 15.0 Å². The minimum atomic E-state index is -4.53. The van der Waals surface area contributed by atoms with Gasteiger partial charge in [0.2, 0.25) is 0 Å². The van der Waals surface area contributed by atoms with Crippen LogP contribution in [-0.2, 0) is 19.6 Å². The van der Waals surface area contributed by atoms with Crippen molar-refractivity contribution in [3.63, 3.8) is 0 Å². The lowest BCUT2D eigenvalue weighted by Gasteiger charge is -2.12. The molecule has 0 aliphatic carbocycles. The van der Waals surface area contributed by atoms with Crippen molar-refractivity contribution in [3.05, 3.63) is 65.1 Å². The van der Waals surface area contributed by atoms with Crippen LogP contribution in [-0.4, -0.2) is 37.9 Å². The number of carbonyl (C=O) groups is 2. The van der Waals surface area contributed by atoms with Gasteiger partial charge in [-0.05, 0) is 44.2 Å². The van der Waals surface area contributed by atoms with Crippen molar-refractivity contribution < 1.29 is 32.2 Å². The molecule has 2 aromatic rings. The molecule has 0 saturated carbocycles. The molecule has 0 aromatic heterocycles. The highest BCUT2D eigenvalue weighted by molar-refractivity contribution is 7.90. The number of nitrogens with one attached hydrogen (secondary N) is 2. The van der Waals surface area contributed by atoms with Crippen molar-refractivity contribution in [3.8, 4) is 0 Å². The summed E-state index contributed by atoms with van der Waals surface area (Å²) >= 11 is 0. The van der Waals surface area contributed by atoms with Crippen molar-refractivity contribution in [1.82, 2.24) is 0 Å². The van der Waals surface area contributed by atoms with Gasteiger partial charge in [-0.2, -0.15) is 8.42 Å². The monoisotopic (exact) mass is 447 g/mol. The maximum Gasteiger partial charge on any atom is 0.343 e. The quantitative estimate of drug-likeness (QED) is 0.596. The lowest BCUT2D eigenvalue weighted by molar-refractivity contribution is -0.137. The lowest BCUT2D eigenvalue weighted by atomic mass is 10.2. The number of esters is 1. The molecule has 9 nitrogen and oxygen atoms in total. The summed E-state index contributed by atoms with van der Waals surface area (Å²) < 4.78 is 48.3. The Hall–Kier alpha value is -3.73. The number of sulfonamides is 1. The largest absolute Gasteiger partial charge is 0.478 e. The van der Waals surface area contributed by atoms with Gasteiger partial charge < -0.3 is 20.5 Å². The van der Waals surface area contributed by atoms with E-state index in [9.17, 15) is 22.4 Å². The van der Waals surface area contributed by atoms with E-state index in [0.717, 1.165) is 12.1 Å². The summed E-state index contributed by atoms with van der Waals surface area (Å²) in [7, 11) is -4.53. The third-order valence-corrected chi connectivity index (χ3v) is 5.54. The van der Waals surface area contributed by atoms with Crippen molar-refractivity contribution in [2.45, 2.75) is 18.7 Å². The number of anilines is 2. The highest BCUT2D eigenvalue weighted by atomic mass is 32.2. The Morgan fingerprint density at radius 2 is 1.77 bits per heavy atom. The number of ether oxygens (including phenoxy) is 1. The topological polar surface area (TPSA) is 134 Å². The Morgan fingerprint density at radius 1 is 1.13 bits per heavy atom. The van der Waals surface area contributed by atoms with E-state index in [1.54, 1.807) is 38.1 Å². The van der Waals surface area contributed by atoms with Crippen LogP contribution in [0.2, 0.25) is 0 Å². The molecule has 0 unspecified atom stereocenters. The second-order valence-electron chi connectivity index (χ2n) is 6.38. The number of carboxylic acid groups (broad SMARTS) is 1. The molecule has 0 amide bonds. The van der Waals surface area contributed by atoms with Crippen LogP contribution in [0.1, 0.15) is 24.2 Å². The van der Waals surface area contributed by atoms with Crippen molar-refractivity contribution >= 4 is 39.2 Å². The smallest absolute Gasteiger partial charge is 0.343 e. The Bertz CT molecular complexity index is 1240. The molecule has 3 N–H and O–H groups in total. The van der Waals surface area contributed by atoms with Gasteiger partial charge in [0.1, 0.15) is 11.4 Å².